The molecule has 6 heteroatoms. The number of esters is 1. The molecule has 0 spiro atoms. The first-order valence-corrected chi connectivity index (χ1v) is 6.14. The molecular weight excluding hydrogens is 258 g/mol. The smallest absolute Gasteiger partial charge is 0.340 e. The minimum absolute atomic E-state index is 0.235. The van der Waals surface area contributed by atoms with Gasteiger partial charge in [-0.2, -0.15) is 0 Å². The molecule has 0 aliphatic carbocycles. The van der Waals surface area contributed by atoms with Crippen LogP contribution in [-0.2, 0) is 4.74 Å². The molecule has 20 heavy (non-hydrogen) atoms. The van der Waals surface area contributed by atoms with Gasteiger partial charge in [-0.15, -0.1) is 0 Å². The summed E-state index contributed by atoms with van der Waals surface area (Å²) in [6.07, 6.45) is 3.04. The van der Waals surface area contributed by atoms with Crippen molar-refractivity contribution in [1.29, 1.82) is 0 Å². The molecule has 2 heterocycles. The lowest BCUT2D eigenvalue weighted by atomic mass is 10.2. The van der Waals surface area contributed by atoms with Gasteiger partial charge < -0.3 is 15.2 Å². The fraction of sp³-hybridized carbons (Fsp3) is 0.214. The predicted octanol–water partition coefficient (Wildman–Crippen LogP) is 2.34. The third-order valence-corrected chi connectivity index (χ3v) is 2.58. The van der Waals surface area contributed by atoms with Crippen LogP contribution < -0.4 is 10.5 Å². The zero-order valence-corrected chi connectivity index (χ0v) is 11.3. The normalized spacial score (nSPS) is 10.1. The summed E-state index contributed by atoms with van der Waals surface area (Å²) in [5.41, 5.74) is 6.92. The lowest BCUT2D eigenvalue weighted by Crippen LogP contribution is -2.09. The highest BCUT2D eigenvalue weighted by atomic mass is 16.5. The Morgan fingerprint density at radius 2 is 2.20 bits per heavy atom. The second-order valence-electron chi connectivity index (χ2n) is 4.02. The highest BCUT2D eigenvalue weighted by Crippen LogP contribution is 2.24. The van der Waals surface area contributed by atoms with Crippen LogP contribution in [0.2, 0.25) is 0 Å². The molecule has 0 radical (unpaired) electrons. The van der Waals surface area contributed by atoms with Gasteiger partial charge >= 0.3 is 5.97 Å². The third kappa shape index (κ3) is 3.03. The Morgan fingerprint density at radius 3 is 2.90 bits per heavy atom. The average Bonchev–Trinajstić information content (AvgIpc) is 2.43. The number of aromatic nitrogens is 2. The fourth-order valence-electron chi connectivity index (χ4n) is 1.58. The number of anilines is 1. The van der Waals surface area contributed by atoms with Crippen molar-refractivity contribution in [1.82, 2.24) is 9.97 Å². The maximum Gasteiger partial charge on any atom is 0.340 e. The van der Waals surface area contributed by atoms with Crippen molar-refractivity contribution in [3.8, 4) is 11.6 Å². The molecule has 6 nitrogen and oxygen atoms in total. The first-order valence-electron chi connectivity index (χ1n) is 6.14. The molecule has 0 saturated carbocycles. The number of aryl methyl sites for hydroxylation is 1. The topological polar surface area (TPSA) is 87.3 Å². The van der Waals surface area contributed by atoms with Gasteiger partial charge in [-0.25, -0.2) is 9.78 Å². The second kappa shape index (κ2) is 6.01. The molecule has 0 bridgehead atoms. The number of hydrogen-bond donors (Lipinski definition) is 1. The molecule has 104 valence electrons. The molecule has 0 atom stereocenters. The highest BCUT2D eigenvalue weighted by Gasteiger charge is 2.14. The Bertz CT molecular complexity index is 629. The minimum Gasteiger partial charge on any atom is -0.462 e. The summed E-state index contributed by atoms with van der Waals surface area (Å²) < 4.78 is 10.5. The SMILES string of the molecule is CCOC(=O)c1cc(Oc2cccnc2C)ncc1N. The van der Waals surface area contributed by atoms with Gasteiger partial charge in [-0.3, -0.25) is 4.98 Å². The first-order chi connectivity index (χ1) is 9.61. The van der Waals surface area contributed by atoms with E-state index in [1.165, 1.54) is 12.3 Å². The van der Waals surface area contributed by atoms with Crippen LogP contribution in [0.15, 0.2) is 30.6 Å². The van der Waals surface area contributed by atoms with Crippen LogP contribution in [0, 0.1) is 6.92 Å². The molecule has 0 saturated heterocycles. The number of carbonyl (C=O) groups is 1. The Kier molecular flexibility index (Phi) is 4.14. The number of nitrogen functional groups attached to an aromatic ring is 1. The van der Waals surface area contributed by atoms with Gasteiger partial charge in [0.2, 0.25) is 5.88 Å². The summed E-state index contributed by atoms with van der Waals surface area (Å²) >= 11 is 0. The van der Waals surface area contributed by atoms with Crippen molar-refractivity contribution >= 4 is 11.7 Å². The molecule has 0 aromatic carbocycles. The van der Waals surface area contributed by atoms with Crippen LogP contribution in [0.25, 0.3) is 0 Å². The van der Waals surface area contributed by atoms with Crippen molar-refractivity contribution in [3.05, 3.63) is 41.9 Å². The molecule has 2 N–H and O–H groups in total. The number of rotatable bonds is 4. The standard InChI is InChI=1S/C14H15N3O3/c1-3-19-14(18)10-7-13(17-8-11(10)15)20-12-5-4-6-16-9(12)2/h4-8H,3,15H2,1-2H3. The summed E-state index contributed by atoms with van der Waals surface area (Å²) in [4.78, 5) is 19.9. The van der Waals surface area contributed by atoms with Gasteiger partial charge in [0.15, 0.2) is 5.75 Å². The Balaban J connectivity index is 2.28. The summed E-state index contributed by atoms with van der Waals surface area (Å²) in [5.74, 6) is 0.332. The number of nitrogens with zero attached hydrogens (tertiary/aromatic N) is 2. The second-order valence-corrected chi connectivity index (χ2v) is 4.02. The molecule has 0 fully saturated rings. The Hall–Kier alpha value is -2.63. The molecule has 0 amide bonds. The first kappa shape index (κ1) is 13.8. The monoisotopic (exact) mass is 273 g/mol. The van der Waals surface area contributed by atoms with Gasteiger partial charge in [0.25, 0.3) is 0 Å². The van der Waals surface area contributed by atoms with Crippen LogP contribution in [0.5, 0.6) is 11.6 Å². The van der Waals surface area contributed by atoms with Gasteiger partial charge in [-0.1, -0.05) is 0 Å². The lowest BCUT2D eigenvalue weighted by molar-refractivity contribution is 0.0527. The Morgan fingerprint density at radius 1 is 1.40 bits per heavy atom. The number of ether oxygens (including phenoxy) is 2. The van der Waals surface area contributed by atoms with E-state index in [1.807, 2.05) is 6.92 Å². The van der Waals surface area contributed by atoms with Crippen LogP contribution in [-0.4, -0.2) is 22.5 Å². The third-order valence-electron chi connectivity index (χ3n) is 2.58. The van der Waals surface area contributed by atoms with E-state index in [4.69, 9.17) is 15.2 Å². The molecule has 2 aromatic rings. The van der Waals surface area contributed by atoms with Crippen molar-refractivity contribution in [2.24, 2.45) is 0 Å². The largest absolute Gasteiger partial charge is 0.462 e. The van der Waals surface area contributed by atoms with Crippen LogP contribution in [0.1, 0.15) is 23.0 Å². The van der Waals surface area contributed by atoms with E-state index in [2.05, 4.69) is 9.97 Å². The zero-order valence-electron chi connectivity index (χ0n) is 11.3. The molecule has 0 aliphatic rings. The van der Waals surface area contributed by atoms with E-state index in [0.717, 1.165) is 5.69 Å². The summed E-state index contributed by atoms with van der Waals surface area (Å²) in [5, 5.41) is 0. The van der Waals surface area contributed by atoms with Crippen LogP contribution >= 0.6 is 0 Å². The molecular formula is C14H15N3O3. The predicted molar refractivity (Wildman–Crippen MR) is 73.7 cm³/mol. The van der Waals surface area contributed by atoms with E-state index in [0.29, 0.717) is 5.75 Å². The Labute approximate surface area is 116 Å². The van der Waals surface area contributed by atoms with E-state index >= 15 is 0 Å². The molecule has 0 aliphatic heterocycles. The minimum atomic E-state index is -0.500. The van der Waals surface area contributed by atoms with Gasteiger partial charge in [0, 0.05) is 12.3 Å². The van der Waals surface area contributed by atoms with Crippen molar-refractivity contribution in [2.75, 3.05) is 12.3 Å². The number of hydrogen-bond acceptors (Lipinski definition) is 6. The lowest BCUT2D eigenvalue weighted by Gasteiger charge is -2.09. The van der Waals surface area contributed by atoms with Crippen molar-refractivity contribution in [2.45, 2.75) is 13.8 Å². The zero-order chi connectivity index (χ0) is 14.5. The van der Waals surface area contributed by atoms with Crippen molar-refractivity contribution in [3.63, 3.8) is 0 Å². The molecule has 2 rings (SSSR count). The maximum absolute atomic E-state index is 11.7. The fourth-order valence-corrected chi connectivity index (χ4v) is 1.58. The van der Waals surface area contributed by atoms with E-state index in [1.54, 1.807) is 25.3 Å². The van der Waals surface area contributed by atoms with E-state index in [-0.39, 0.29) is 23.7 Å². The van der Waals surface area contributed by atoms with E-state index in [9.17, 15) is 4.79 Å². The van der Waals surface area contributed by atoms with Gasteiger partial charge in [0.05, 0.1) is 29.7 Å². The van der Waals surface area contributed by atoms with Gasteiger partial charge in [0.1, 0.15) is 0 Å². The van der Waals surface area contributed by atoms with Crippen LogP contribution in [0.4, 0.5) is 5.69 Å². The van der Waals surface area contributed by atoms with Crippen LogP contribution in [0.3, 0.4) is 0 Å². The van der Waals surface area contributed by atoms with Crippen molar-refractivity contribution < 1.29 is 14.3 Å². The molecule has 0 unspecified atom stereocenters. The summed E-state index contributed by atoms with van der Waals surface area (Å²) in [6.45, 7) is 3.82. The number of nitrogens with two attached hydrogens (primary N) is 1. The summed E-state index contributed by atoms with van der Waals surface area (Å²) in [7, 11) is 0. The number of pyridine rings is 2. The number of carbonyl (C=O) groups excluding carboxylic acids is 1. The molecule has 2 aromatic heterocycles. The quantitative estimate of drug-likeness (QED) is 0.860. The summed E-state index contributed by atoms with van der Waals surface area (Å²) in [6, 6.07) is 4.98. The highest BCUT2D eigenvalue weighted by molar-refractivity contribution is 5.95. The van der Waals surface area contributed by atoms with E-state index < -0.39 is 5.97 Å². The maximum atomic E-state index is 11.7. The average molecular weight is 273 g/mol. The van der Waals surface area contributed by atoms with Gasteiger partial charge in [-0.05, 0) is 26.0 Å².